The van der Waals surface area contributed by atoms with Gasteiger partial charge in [0.15, 0.2) is 0 Å². The minimum Gasteiger partial charge on any atom is -0.258 e. The van der Waals surface area contributed by atoms with Gasteiger partial charge in [0.05, 0.1) is 16.2 Å². The van der Waals surface area contributed by atoms with E-state index in [1.807, 2.05) is 10.8 Å². The molecule has 0 saturated heterocycles. The van der Waals surface area contributed by atoms with Gasteiger partial charge in [-0.3, -0.25) is 10.1 Å². The van der Waals surface area contributed by atoms with Gasteiger partial charge < -0.3 is 0 Å². The summed E-state index contributed by atoms with van der Waals surface area (Å²) in [6, 6.07) is 6.43. The Hall–Kier alpha value is -1.77. The van der Waals surface area contributed by atoms with Crippen molar-refractivity contribution < 1.29 is 13.3 Å². The van der Waals surface area contributed by atoms with E-state index >= 15 is 0 Å². The van der Waals surface area contributed by atoms with Crippen LogP contribution in [0.4, 0.5) is 5.69 Å². The first-order valence-corrected chi connectivity index (χ1v) is 9.34. The molecule has 0 spiro atoms. The number of nitro groups is 1. The minimum absolute atomic E-state index is 0.0325. The molecule has 1 aliphatic rings. The Morgan fingerprint density at radius 2 is 2.09 bits per heavy atom. The third kappa shape index (κ3) is 3.52. The van der Waals surface area contributed by atoms with Crippen LogP contribution in [0.2, 0.25) is 0 Å². The summed E-state index contributed by atoms with van der Waals surface area (Å²) in [5.74, 6) is -0.242. The normalized spacial score (nSPS) is 14.9. The van der Waals surface area contributed by atoms with Gasteiger partial charge in [-0.15, -0.1) is 0 Å². The van der Waals surface area contributed by atoms with E-state index in [-0.39, 0.29) is 17.5 Å². The number of nitrogens with zero attached hydrogens (tertiary/aromatic N) is 1. The van der Waals surface area contributed by atoms with Crippen molar-refractivity contribution in [3.05, 3.63) is 50.7 Å². The molecule has 6 nitrogen and oxygen atoms in total. The Bertz CT molecular complexity index is 796. The number of hydrogen-bond acceptors (Lipinski definition) is 5. The maximum Gasteiger partial charge on any atom is 0.277 e. The fourth-order valence-electron chi connectivity index (χ4n) is 2.20. The molecule has 1 N–H and O–H groups in total. The van der Waals surface area contributed by atoms with Crippen molar-refractivity contribution >= 4 is 27.0 Å². The first-order chi connectivity index (χ1) is 10.4. The molecule has 1 heterocycles. The third-order valence-corrected chi connectivity index (χ3v) is 5.46. The first kappa shape index (κ1) is 15.1. The second kappa shape index (κ2) is 5.79. The van der Waals surface area contributed by atoms with Crippen molar-refractivity contribution in [1.82, 2.24) is 4.72 Å². The average Bonchev–Trinajstić information content (AvgIpc) is 3.07. The lowest BCUT2D eigenvalue weighted by Crippen LogP contribution is -2.27. The molecule has 2 aromatic rings. The summed E-state index contributed by atoms with van der Waals surface area (Å²) in [5, 5.41) is 14.9. The molecule has 22 heavy (non-hydrogen) atoms. The Kier molecular flexibility index (Phi) is 3.98. The van der Waals surface area contributed by atoms with Gasteiger partial charge in [-0.25, -0.2) is 13.1 Å². The fourth-order valence-corrected chi connectivity index (χ4v) is 4.30. The maximum atomic E-state index is 12.0. The van der Waals surface area contributed by atoms with Crippen molar-refractivity contribution in [2.75, 3.05) is 0 Å². The quantitative estimate of drug-likeness (QED) is 0.648. The Labute approximate surface area is 132 Å². The lowest BCUT2D eigenvalue weighted by Gasteiger charge is -2.07. The lowest BCUT2D eigenvalue weighted by atomic mass is 10.0. The van der Waals surface area contributed by atoms with E-state index in [2.05, 4.69) is 4.72 Å². The van der Waals surface area contributed by atoms with Gasteiger partial charge in [-0.05, 0) is 46.9 Å². The number of sulfonamides is 1. The summed E-state index contributed by atoms with van der Waals surface area (Å²) < 4.78 is 26.5. The predicted octanol–water partition coefficient (Wildman–Crippen LogP) is 2.91. The van der Waals surface area contributed by atoms with Gasteiger partial charge in [-0.2, -0.15) is 11.3 Å². The summed E-state index contributed by atoms with van der Waals surface area (Å²) in [4.78, 5) is 10.8. The van der Waals surface area contributed by atoms with Crippen LogP contribution < -0.4 is 4.72 Å². The Morgan fingerprint density at radius 1 is 1.32 bits per heavy atom. The summed E-state index contributed by atoms with van der Waals surface area (Å²) in [5.41, 5.74) is 1.61. The lowest BCUT2D eigenvalue weighted by molar-refractivity contribution is -0.384. The largest absolute Gasteiger partial charge is 0.277 e. The van der Waals surface area contributed by atoms with Gasteiger partial charge in [0, 0.05) is 12.1 Å². The molecular formula is C14H14N2O4S2. The monoisotopic (exact) mass is 338 g/mol. The second-order valence-electron chi connectivity index (χ2n) is 5.27. The van der Waals surface area contributed by atoms with Crippen LogP contribution >= 0.6 is 11.3 Å². The summed E-state index contributed by atoms with van der Waals surface area (Å²) in [6.45, 7) is 0. The minimum atomic E-state index is -3.45. The molecule has 1 aliphatic carbocycles. The van der Waals surface area contributed by atoms with E-state index in [1.54, 1.807) is 18.2 Å². The zero-order valence-electron chi connectivity index (χ0n) is 11.6. The molecule has 0 atom stereocenters. The smallest absolute Gasteiger partial charge is 0.258 e. The van der Waals surface area contributed by atoms with Crippen LogP contribution in [-0.4, -0.2) is 19.4 Å². The van der Waals surface area contributed by atoms with E-state index in [1.165, 1.54) is 17.4 Å². The molecule has 0 radical (unpaired) electrons. The van der Waals surface area contributed by atoms with Crippen LogP contribution in [0.1, 0.15) is 18.4 Å². The zero-order valence-corrected chi connectivity index (χ0v) is 13.2. The van der Waals surface area contributed by atoms with Crippen molar-refractivity contribution in [2.24, 2.45) is 0 Å². The van der Waals surface area contributed by atoms with Gasteiger partial charge >= 0.3 is 0 Å². The summed E-state index contributed by atoms with van der Waals surface area (Å²) in [6.07, 6.45) is 1.72. The summed E-state index contributed by atoms with van der Waals surface area (Å²) >= 11 is 1.45. The molecule has 0 bridgehead atoms. The molecule has 3 rings (SSSR count). The van der Waals surface area contributed by atoms with Gasteiger partial charge in [-0.1, -0.05) is 6.07 Å². The highest BCUT2D eigenvalue weighted by Gasteiger charge is 2.27. The van der Waals surface area contributed by atoms with E-state index in [4.69, 9.17) is 0 Å². The van der Waals surface area contributed by atoms with Crippen LogP contribution in [0.25, 0.3) is 11.1 Å². The highest BCUT2D eigenvalue weighted by molar-refractivity contribution is 7.88. The second-order valence-corrected chi connectivity index (χ2v) is 7.81. The number of nitro benzene ring substituents is 1. The summed E-state index contributed by atoms with van der Waals surface area (Å²) in [7, 11) is -3.45. The average molecular weight is 338 g/mol. The Morgan fingerprint density at radius 3 is 2.68 bits per heavy atom. The molecule has 1 fully saturated rings. The molecule has 116 valence electrons. The van der Waals surface area contributed by atoms with Gasteiger partial charge in [0.25, 0.3) is 5.69 Å². The molecule has 8 heteroatoms. The molecule has 1 saturated carbocycles. The van der Waals surface area contributed by atoms with Crippen molar-refractivity contribution in [1.29, 1.82) is 0 Å². The molecule has 0 amide bonds. The molecule has 0 unspecified atom stereocenters. The van der Waals surface area contributed by atoms with E-state index in [0.29, 0.717) is 11.1 Å². The number of nitrogens with one attached hydrogen (secondary N) is 1. The molecule has 1 aromatic carbocycles. The third-order valence-electron chi connectivity index (χ3n) is 3.37. The van der Waals surface area contributed by atoms with Crippen molar-refractivity contribution in [3.63, 3.8) is 0 Å². The van der Waals surface area contributed by atoms with Crippen molar-refractivity contribution in [3.8, 4) is 11.1 Å². The molecular weight excluding hydrogens is 324 g/mol. The van der Waals surface area contributed by atoms with Crippen LogP contribution in [0.5, 0.6) is 0 Å². The number of hydrogen-bond donors (Lipinski definition) is 1. The van der Waals surface area contributed by atoms with Gasteiger partial charge in [0.2, 0.25) is 10.0 Å². The van der Waals surface area contributed by atoms with Crippen LogP contribution in [0, 0.1) is 10.1 Å². The van der Waals surface area contributed by atoms with Crippen LogP contribution in [0.3, 0.4) is 0 Å². The fraction of sp³-hybridized carbons (Fsp3) is 0.286. The van der Waals surface area contributed by atoms with E-state index < -0.39 is 14.9 Å². The SMILES string of the molecule is O=[N+]([O-])c1cc(CS(=O)(=O)NC2CC2)ccc1-c1ccsc1. The maximum absolute atomic E-state index is 12.0. The number of thiophene rings is 1. The predicted molar refractivity (Wildman–Crippen MR) is 85.2 cm³/mol. The Balaban J connectivity index is 1.90. The number of benzene rings is 1. The highest BCUT2D eigenvalue weighted by Crippen LogP contribution is 2.32. The number of rotatable bonds is 6. The van der Waals surface area contributed by atoms with E-state index in [0.717, 1.165) is 18.4 Å². The molecule has 1 aromatic heterocycles. The highest BCUT2D eigenvalue weighted by atomic mass is 32.2. The van der Waals surface area contributed by atoms with Crippen LogP contribution in [-0.2, 0) is 15.8 Å². The first-order valence-electron chi connectivity index (χ1n) is 6.74. The topological polar surface area (TPSA) is 89.3 Å². The van der Waals surface area contributed by atoms with Crippen molar-refractivity contribution in [2.45, 2.75) is 24.6 Å². The molecule has 0 aliphatic heterocycles. The zero-order chi connectivity index (χ0) is 15.7. The van der Waals surface area contributed by atoms with Crippen LogP contribution in [0.15, 0.2) is 35.0 Å². The van der Waals surface area contributed by atoms with Gasteiger partial charge in [0.1, 0.15) is 0 Å². The van der Waals surface area contributed by atoms with E-state index in [9.17, 15) is 18.5 Å². The standard InChI is InChI=1S/C14H14N2O4S2/c17-16(18)14-7-10(9-22(19,20)15-12-2-3-12)1-4-13(14)11-5-6-21-8-11/h1,4-8,12,15H,2-3,9H2.